The van der Waals surface area contributed by atoms with Crippen molar-refractivity contribution in [3.63, 3.8) is 0 Å². The van der Waals surface area contributed by atoms with Gasteiger partial charge in [-0.1, -0.05) is 6.07 Å². The molecule has 2 aromatic rings. The first-order valence-corrected chi connectivity index (χ1v) is 10.2. The zero-order valence-corrected chi connectivity index (χ0v) is 17.5. The first kappa shape index (κ1) is 19.2. The Labute approximate surface area is 171 Å². The van der Waals surface area contributed by atoms with Gasteiger partial charge in [0.05, 0.1) is 18.7 Å². The number of anilines is 2. The van der Waals surface area contributed by atoms with E-state index in [0.29, 0.717) is 38.7 Å². The monoisotopic (exact) mass is 450 g/mol. The molecule has 2 aliphatic rings. The van der Waals surface area contributed by atoms with Gasteiger partial charge in [-0.15, -0.1) is 0 Å². The van der Waals surface area contributed by atoms with Crippen LogP contribution in [0.4, 0.5) is 16.6 Å². The Kier molecular flexibility index (Phi) is 5.54. The lowest BCUT2D eigenvalue weighted by Gasteiger charge is -2.33. The SMILES string of the molecule is CCOCCN(C)c1nc(N2CCC3OC(=O)OC3C2)c2cccc(Br)c2n1. The molecule has 2 fully saturated rings. The van der Waals surface area contributed by atoms with Gasteiger partial charge in [0, 0.05) is 43.0 Å². The molecule has 4 rings (SSSR count). The molecule has 2 saturated heterocycles. The van der Waals surface area contributed by atoms with E-state index < -0.39 is 6.16 Å². The van der Waals surface area contributed by atoms with Crippen LogP contribution in [0.1, 0.15) is 13.3 Å². The van der Waals surface area contributed by atoms with Gasteiger partial charge in [0.15, 0.2) is 6.10 Å². The number of aromatic nitrogens is 2. The lowest BCUT2D eigenvalue weighted by Crippen LogP contribution is -2.45. The van der Waals surface area contributed by atoms with Crippen LogP contribution in [-0.4, -0.2) is 68.2 Å². The largest absolute Gasteiger partial charge is 0.509 e. The van der Waals surface area contributed by atoms with Crippen molar-refractivity contribution in [3.8, 4) is 0 Å². The fraction of sp³-hybridized carbons (Fsp3) is 0.526. The van der Waals surface area contributed by atoms with Crippen LogP contribution in [0.5, 0.6) is 0 Å². The van der Waals surface area contributed by atoms with Crippen molar-refractivity contribution in [1.82, 2.24) is 9.97 Å². The number of para-hydroxylation sites is 1. The van der Waals surface area contributed by atoms with E-state index >= 15 is 0 Å². The third-order valence-electron chi connectivity index (χ3n) is 5.06. The van der Waals surface area contributed by atoms with Gasteiger partial charge in [0.2, 0.25) is 5.95 Å². The second-order valence-corrected chi connectivity index (χ2v) is 7.75. The molecule has 150 valence electrons. The summed E-state index contributed by atoms with van der Waals surface area (Å²) >= 11 is 3.61. The predicted octanol–water partition coefficient (Wildman–Crippen LogP) is 2.98. The number of halogens is 1. The normalized spacial score (nSPS) is 21.4. The van der Waals surface area contributed by atoms with E-state index in [9.17, 15) is 4.79 Å². The molecular formula is C19H23BrN4O4. The molecular weight excluding hydrogens is 428 g/mol. The highest BCUT2D eigenvalue weighted by atomic mass is 79.9. The van der Waals surface area contributed by atoms with Crippen molar-refractivity contribution < 1.29 is 19.0 Å². The molecule has 0 N–H and O–H groups in total. The highest BCUT2D eigenvalue weighted by Crippen LogP contribution is 2.34. The van der Waals surface area contributed by atoms with Gasteiger partial charge in [-0.2, -0.15) is 4.98 Å². The van der Waals surface area contributed by atoms with Gasteiger partial charge in [-0.25, -0.2) is 9.78 Å². The van der Waals surface area contributed by atoms with Gasteiger partial charge in [-0.05, 0) is 35.0 Å². The van der Waals surface area contributed by atoms with Crippen molar-refractivity contribution in [2.45, 2.75) is 25.6 Å². The third-order valence-corrected chi connectivity index (χ3v) is 5.70. The second-order valence-electron chi connectivity index (χ2n) is 6.90. The first-order chi connectivity index (χ1) is 13.6. The quantitative estimate of drug-likeness (QED) is 0.490. The van der Waals surface area contributed by atoms with Crippen molar-refractivity contribution >= 4 is 44.8 Å². The number of carbonyl (C=O) groups excluding carboxylic acids is 1. The van der Waals surface area contributed by atoms with E-state index in [4.69, 9.17) is 24.2 Å². The van der Waals surface area contributed by atoms with Crippen molar-refractivity contribution in [3.05, 3.63) is 22.7 Å². The topological polar surface area (TPSA) is 77.0 Å². The summed E-state index contributed by atoms with van der Waals surface area (Å²) < 4.78 is 16.9. The molecule has 9 heteroatoms. The Morgan fingerprint density at radius 3 is 2.96 bits per heavy atom. The minimum atomic E-state index is -0.580. The van der Waals surface area contributed by atoms with Crippen LogP contribution < -0.4 is 9.80 Å². The van der Waals surface area contributed by atoms with Crippen molar-refractivity contribution in [2.75, 3.05) is 49.7 Å². The zero-order chi connectivity index (χ0) is 19.7. The number of rotatable bonds is 6. The van der Waals surface area contributed by atoms with Gasteiger partial charge in [0.1, 0.15) is 11.9 Å². The fourth-order valence-corrected chi connectivity index (χ4v) is 4.01. The predicted molar refractivity (Wildman–Crippen MR) is 109 cm³/mol. The van der Waals surface area contributed by atoms with E-state index in [2.05, 4.69) is 20.8 Å². The van der Waals surface area contributed by atoms with E-state index in [0.717, 1.165) is 27.7 Å². The molecule has 2 aliphatic heterocycles. The Morgan fingerprint density at radius 2 is 2.14 bits per heavy atom. The molecule has 1 aromatic heterocycles. The van der Waals surface area contributed by atoms with E-state index in [1.807, 2.05) is 37.1 Å². The zero-order valence-electron chi connectivity index (χ0n) is 15.9. The summed E-state index contributed by atoms with van der Waals surface area (Å²) in [5.74, 6) is 1.47. The molecule has 0 saturated carbocycles. The summed E-state index contributed by atoms with van der Waals surface area (Å²) in [6.07, 6.45) is -0.302. The van der Waals surface area contributed by atoms with Crippen molar-refractivity contribution in [1.29, 1.82) is 0 Å². The van der Waals surface area contributed by atoms with Crippen LogP contribution in [-0.2, 0) is 14.2 Å². The van der Waals surface area contributed by atoms with E-state index in [1.165, 1.54) is 0 Å². The number of hydrogen-bond acceptors (Lipinski definition) is 8. The van der Waals surface area contributed by atoms with E-state index in [-0.39, 0.29) is 12.2 Å². The highest BCUT2D eigenvalue weighted by molar-refractivity contribution is 9.10. The summed E-state index contributed by atoms with van der Waals surface area (Å²) in [6.45, 7) is 5.25. The average Bonchev–Trinajstić information content (AvgIpc) is 3.07. The van der Waals surface area contributed by atoms with Crippen LogP contribution in [0.2, 0.25) is 0 Å². The number of fused-ring (bicyclic) bond motifs is 2. The fourth-order valence-electron chi connectivity index (χ4n) is 3.56. The van der Waals surface area contributed by atoms with E-state index in [1.54, 1.807) is 0 Å². The molecule has 28 heavy (non-hydrogen) atoms. The summed E-state index contributed by atoms with van der Waals surface area (Å²) in [7, 11) is 1.96. The van der Waals surface area contributed by atoms with Gasteiger partial charge in [0.25, 0.3) is 0 Å². The minimum Gasteiger partial charge on any atom is -0.427 e. The van der Waals surface area contributed by atoms with Gasteiger partial charge >= 0.3 is 6.16 Å². The Morgan fingerprint density at radius 1 is 1.32 bits per heavy atom. The van der Waals surface area contributed by atoms with Crippen LogP contribution in [0.3, 0.4) is 0 Å². The molecule has 0 radical (unpaired) electrons. The maximum atomic E-state index is 11.5. The standard InChI is InChI=1S/C19H23BrN4O4/c1-3-26-10-9-23(2)18-21-16-12(5-4-6-13(16)20)17(22-18)24-8-7-14-15(11-24)28-19(25)27-14/h4-6,14-15H,3,7-11H2,1-2H3. The van der Waals surface area contributed by atoms with Crippen LogP contribution in [0, 0.1) is 0 Å². The third kappa shape index (κ3) is 3.73. The molecule has 3 heterocycles. The number of ether oxygens (including phenoxy) is 3. The maximum Gasteiger partial charge on any atom is 0.509 e. The first-order valence-electron chi connectivity index (χ1n) is 9.44. The Balaban J connectivity index is 1.68. The average molecular weight is 451 g/mol. The minimum absolute atomic E-state index is 0.170. The molecule has 2 atom stereocenters. The summed E-state index contributed by atoms with van der Waals surface area (Å²) in [4.78, 5) is 25.2. The summed E-state index contributed by atoms with van der Waals surface area (Å²) in [5.41, 5.74) is 0.854. The molecule has 0 amide bonds. The van der Waals surface area contributed by atoms with Crippen LogP contribution in [0.25, 0.3) is 10.9 Å². The molecule has 0 aliphatic carbocycles. The number of hydrogen-bond donors (Lipinski definition) is 0. The lowest BCUT2D eigenvalue weighted by molar-refractivity contribution is 0.117. The second kappa shape index (κ2) is 8.08. The van der Waals surface area contributed by atoms with Gasteiger partial charge in [-0.3, -0.25) is 0 Å². The molecule has 8 nitrogen and oxygen atoms in total. The number of benzene rings is 1. The summed E-state index contributed by atoms with van der Waals surface area (Å²) in [5, 5.41) is 0.958. The number of likely N-dealkylation sites (N-methyl/N-ethyl adjacent to an activating group) is 1. The molecule has 1 aromatic carbocycles. The Hall–Kier alpha value is -2.13. The number of nitrogens with zero attached hydrogens (tertiary/aromatic N) is 4. The number of piperidine rings is 1. The molecule has 0 spiro atoms. The molecule has 0 bridgehead atoms. The Bertz CT molecular complexity index is 880. The highest BCUT2D eigenvalue weighted by Gasteiger charge is 2.41. The maximum absolute atomic E-state index is 11.5. The summed E-state index contributed by atoms with van der Waals surface area (Å²) in [6, 6.07) is 5.97. The molecule has 2 unspecified atom stereocenters. The number of carbonyl (C=O) groups is 1. The smallest absolute Gasteiger partial charge is 0.427 e. The van der Waals surface area contributed by atoms with Crippen LogP contribution in [0.15, 0.2) is 22.7 Å². The van der Waals surface area contributed by atoms with Crippen LogP contribution >= 0.6 is 15.9 Å². The van der Waals surface area contributed by atoms with Gasteiger partial charge < -0.3 is 24.0 Å². The van der Waals surface area contributed by atoms with Crippen molar-refractivity contribution in [2.24, 2.45) is 0 Å². The lowest BCUT2D eigenvalue weighted by atomic mass is 10.0.